The van der Waals surface area contributed by atoms with E-state index in [1.54, 1.807) is 23.3 Å². The summed E-state index contributed by atoms with van der Waals surface area (Å²) in [6.07, 6.45) is 1.68. The second-order valence-electron chi connectivity index (χ2n) is 8.19. The van der Waals surface area contributed by atoms with E-state index in [2.05, 4.69) is 18.4 Å². The molecule has 2 unspecified atom stereocenters. The molecule has 2 amide bonds. The van der Waals surface area contributed by atoms with Gasteiger partial charge in [-0.1, -0.05) is 32.9 Å². The van der Waals surface area contributed by atoms with Crippen molar-refractivity contribution >= 4 is 23.2 Å². The first kappa shape index (κ1) is 22.3. The number of carbonyl (C=O) groups excluding carboxylic acids is 2. The molecule has 1 aliphatic rings. The zero-order valence-electron chi connectivity index (χ0n) is 18.6. The molecule has 2 aromatic rings. The highest BCUT2D eigenvalue weighted by Gasteiger charge is 2.35. The molecule has 1 aromatic carbocycles. The van der Waals surface area contributed by atoms with Crippen LogP contribution in [0, 0.1) is 5.92 Å². The number of hydrogen-bond acceptors (Lipinski definition) is 4. The summed E-state index contributed by atoms with van der Waals surface area (Å²) in [5.74, 6) is 0.700. The summed E-state index contributed by atoms with van der Waals surface area (Å²) in [6.45, 7) is 8.63. The highest BCUT2D eigenvalue weighted by Crippen LogP contribution is 2.38. The molecule has 1 aromatic heterocycles. The van der Waals surface area contributed by atoms with Gasteiger partial charge >= 0.3 is 0 Å². The monoisotopic (exact) mass is 428 g/mol. The van der Waals surface area contributed by atoms with Crippen LogP contribution >= 0.6 is 11.3 Å². The second kappa shape index (κ2) is 9.65. The Morgan fingerprint density at radius 1 is 1.20 bits per heavy atom. The topological polar surface area (TPSA) is 49.9 Å². The van der Waals surface area contributed by atoms with Gasteiger partial charge in [0.2, 0.25) is 11.8 Å². The van der Waals surface area contributed by atoms with Gasteiger partial charge in [-0.25, -0.2) is 0 Å². The van der Waals surface area contributed by atoms with Crippen LogP contribution in [-0.4, -0.2) is 47.9 Å². The SMILES string of the molecule is CCC(C)N(CC(=O)N1CCc2sccc2C1c1ccc(OC)cc1)C(=O)C(C)C. The number of carbonyl (C=O) groups is 2. The minimum absolute atomic E-state index is 0.00182. The molecule has 0 saturated heterocycles. The highest BCUT2D eigenvalue weighted by molar-refractivity contribution is 7.10. The van der Waals surface area contributed by atoms with E-state index in [9.17, 15) is 9.59 Å². The fourth-order valence-corrected chi connectivity index (χ4v) is 4.87. The van der Waals surface area contributed by atoms with Crippen molar-refractivity contribution in [1.29, 1.82) is 0 Å². The van der Waals surface area contributed by atoms with Crippen LogP contribution in [0.1, 0.15) is 56.2 Å². The molecule has 3 rings (SSSR count). The summed E-state index contributed by atoms with van der Waals surface area (Å²) < 4.78 is 5.30. The summed E-state index contributed by atoms with van der Waals surface area (Å²) >= 11 is 1.75. The van der Waals surface area contributed by atoms with Crippen LogP contribution in [0.3, 0.4) is 0 Å². The van der Waals surface area contributed by atoms with Crippen molar-refractivity contribution in [3.05, 3.63) is 51.7 Å². The fourth-order valence-electron chi connectivity index (χ4n) is 3.97. The zero-order chi connectivity index (χ0) is 21.8. The molecule has 0 N–H and O–H groups in total. The van der Waals surface area contributed by atoms with E-state index < -0.39 is 0 Å². The lowest BCUT2D eigenvalue weighted by atomic mass is 9.93. The summed E-state index contributed by atoms with van der Waals surface area (Å²) in [7, 11) is 1.65. The normalized spacial score (nSPS) is 16.9. The van der Waals surface area contributed by atoms with E-state index in [-0.39, 0.29) is 36.4 Å². The molecule has 0 fully saturated rings. The van der Waals surface area contributed by atoms with Crippen molar-refractivity contribution < 1.29 is 14.3 Å². The summed E-state index contributed by atoms with van der Waals surface area (Å²) in [5.41, 5.74) is 2.25. The van der Waals surface area contributed by atoms with Gasteiger partial charge in [-0.15, -0.1) is 11.3 Å². The number of amides is 2. The van der Waals surface area contributed by atoms with E-state index in [1.165, 1.54) is 10.4 Å². The first-order valence-electron chi connectivity index (χ1n) is 10.7. The predicted octanol–water partition coefficient (Wildman–Crippen LogP) is 4.51. The lowest BCUT2D eigenvalue weighted by Crippen LogP contribution is -2.50. The van der Waals surface area contributed by atoms with Crippen LogP contribution in [0.25, 0.3) is 0 Å². The molecule has 0 saturated carbocycles. The third-order valence-electron chi connectivity index (χ3n) is 5.92. The van der Waals surface area contributed by atoms with Crippen molar-refractivity contribution in [1.82, 2.24) is 9.80 Å². The molecule has 0 bridgehead atoms. The van der Waals surface area contributed by atoms with E-state index in [0.717, 1.165) is 24.2 Å². The maximum absolute atomic E-state index is 13.5. The quantitative estimate of drug-likeness (QED) is 0.652. The molecule has 0 aliphatic carbocycles. The molecule has 162 valence electrons. The summed E-state index contributed by atoms with van der Waals surface area (Å²) in [6, 6.07) is 9.96. The third kappa shape index (κ3) is 4.53. The first-order valence-corrected chi connectivity index (χ1v) is 11.6. The second-order valence-corrected chi connectivity index (χ2v) is 9.19. The largest absolute Gasteiger partial charge is 0.497 e. The number of ether oxygens (including phenoxy) is 1. The average molecular weight is 429 g/mol. The maximum Gasteiger partial charge on any atom is 0.243 e. The molecule has 30 heavy (non-hydrogen) atoms. The van der Waals surface area contributed by atoms with E-state index >= 15 is 0 Å². The van der Waals surface area contributed by atoms with Crippen LogP contribution in [-0.2, 0) is 16.0 Å². The van der Waals surface area contributed by atoms with E-state index in [1.807, 2.05) is 49.9 Å². The van der Waals surface area contributed by atoms with Crippen LogP contribution < -0.4 is 4.74 Å². The Morgan fingerprint density at radius 3 is 2.50 bits per heavy atom. The molecule has 0 spiro atoms. The zero-order valence-corrected chi connectivity index (χ0v) is 19.4. The Balaban J connectivity index is 1.91. The Labute approximate surface area is 183 Å². The Kier molecular flexibility index (Phi) is 7.19. The molecule has 0 radical (unpaired) electrons. The van der Waals surface area contributed by atoms with Gasteiger partial charge in [-0.05, 0) is 54.5 Å². The van der Waals surface area contributed by atoms with Gasteiger partial charge in [0.05, 0.1) is 13.2 Å². The van der Waals surface area contributed by atoms with Crippen molar-refractivity contribution in [2.24, 2.45) is 5.92 Å². The number of hydrogen-bond donors (Lipinski definition) is 0. The first-order chi connectivity index (χ1) is 14.4. The highest BCUT2D eigenvalue weighted by atomic mass is 32.1. The standard InChI is InChI=1S/C24H32N2O3S/c1-6-17(4)26(24(28)16(2)3)15-22(27)25-13-11-21-20(12-14-30-21)23(25)18-7-9-19(29-5)10-8-18/h7-10,12,14,16-17,23H,6,11,13,15H2,1-5H3. The van der Waals surface area contributed by atoms with Crippen molar-refractivity contribution in [3.8, 4) is 5.75 Å². The van der Waals surface area contributed by atoms with Gasteiger partial charge in [-0.2, -0.15) is 0 Å². The Bertz CT molecular complexity index is 875. The van der Waals surface area contributed by atoms with Crippen LogP contribution in [0.15, 0.2) is 35.7 Å². The van der Waals surface area contributed by atoms with Crippen LogP contribution in [0.5, 0.6) is 5.75 Å². The molecule has 2 heterocycles. The van der Waals surface area contributed by atoms with Gasteiger partial charge in [0.15, 0.2) is 0 Å². The predicted molar refractivity (Wildman–Crippen MR) is 121 cm³/mol. The van der Waals surface area contributed by atoms with Gasteiger partial charge in [0, 0.05) is 23.4 Å². The van der Waals surface area contributed by atoms with Crippen molar-refractivity contribution in [3.63, 3.8) is 0 Å². The summed E-state index contributed by atoms with van der Waals surface area (Å²) in [5, 5.41) is 2.10. The minimum Gasteiger partial charge on any atom is -0.497 e. The van der Waals surface area contributed by atoms with Gasteiger partial charge in [0.25, 0.3) is 0 Å². The van der Waals surface area contributed by atoms with Crippen LogP contribution in [0.4, 0.5) is 0 Å². The maximum atomic E-state index is 13.5. The Hall–Kier alpha value is -2.34. The van der Waals surface area contributed by atoms with Crippen molar-refractivity contribution in [2.75, 3.05) is 20.2 Å². The number of benzene rings is 1. The van der Waals surface area contributed by atoms with Crippen molar-refractivity contribution in [2.45, 2.75) is 52.6 Å². The van der Waals surface area contributed by atoms with E-state index in [0.29, 0.717) is 6.54 Å². The van der Waals surface area contributed by atoms with Gasteiger partial charge in [-0.3, -0.25) is 9.59 Å². The smallest absolute Gasteiger partial charge is 0.243 e. The fraction of sp³-hybridized carbons (Fsp3) is 0.500. The molecule has 2 atom stereocenters. The molecule has 5 nitrogen and oxygen atoms in total. The lowest BCUT2D eigenvalue weighted by molar-refractivity contribution is -0.145. The molecule has 1 aliphatic heterocycles. The number of fused-ring (bicyclic) bond motifs is 1. The van der Waals surface area contributed by atoms with Crippen LogP contribution in [0.2, 0.25) is 0 Å². The number of thiophene rings is 1. The summed E-state index contributed by atoms with van der Waals surface area (Å²) in [4.78, 5) is 31.3. The molecule has 6 heteroatoms. The third-order valence-corrected chi connectivity index (χ3v) is 6.92. The number of rotatable bonds is 7. The number of nitrogens with zero attached hydrogens (tertiary/aromatic N) is 2. The van der Waals surface area contributed by atoms with Gasteiger partial charge < -0.3 is 14.5 Å². The van der Waals surface area contributed by atoms with E-state index in [4.69, 9.17) is 4.74 Å². The molecular weight excluding hydrogens is 396 g/mol. The Morgan fingerprint density at radius 2 is 1.90 bits per heavy atom. The lowest BCUT2D eigenvalue weighted by Gasteiger charge is -2.39. The van der Waals surface area contributed by atoms with Gasteiger partial charge in [0.1, 0.15) is 12.3 Å². The number of methoxy groups -OCH3 is 1. The average Bonchev–Trinajstić information content (AvgIpc) is 3.24. The molecular formula is C24H32N2O3S. The minimum atomic E-state index is -0.133.